The minimum Gasteiger partial charge on any atom is -0.480 e. The molecule has 0 fully saturated rings. The molecule has 0 unspecified atom stereocenters. The highest BCUT2D eigenvalue weighted by Gasteiger charge is 2.26. The van der Waals surface area contributed by atoms with Crippen molar-refractivity contribution in [3.8, 4) is 11.4 Å². The van der Waals surface area contributed by atoms with Gasteiger partial charge in [-0.25, -0.2) is 14.8 Å². The molecule has 0 aliphatic carbocycles. The lowest BCUT2D eigenvalue weighted by molar-refractivity contribution is -0.139. The van der Waals surface area contributed by atoms with Gasteiger partial charge in [0.05, 0.1) is 0 Å². The van der Waals surface area contributed by atoms with Crippen molar-refractivity contribution in [3.05, 3.63) is 54.6 Å². The van der Waals surface area contributed by atoms with Crippen LogP contribution in [0, 0.1) is 5.92 Å². The highest BCUT2D eigenvalue weighted by molar-refractivity contribution is 6.06. The van der Waals surface area contributed by atoms with Gasteiger partial charge in [-0.1, -0.05) is 62.7 Å². The van der Waals surface area contributed by atoms with Gasteiger partial charge in [-0.15, -0.1) is 0 Å². The molecule has 6 heteroatoms. The van der Waals surface area contributed by atoms with Gasteiger partial charge in [-0.05, 0) is 18.1 Å². The summed E-state index contributed by atoms with van der Waals surface area (Å²) in [5.41, 5.74) is 2.68. The summed E-state index contributed by atoms with van der Waals surface area (Å²) in [6, 6.07) is 16.5. The summed E-state index contributed by atoms with van der Waals surface area (Å²) >= 11 is 0. The summed E-state index contributed by atoms with van der Waals surface area (Å²) < 4.78 is 5.99. The third kappa shape index (κ3) is 3.17. The van der Waals surface area contributed by atoms with Crippen LogP contribution in [-0.2, 0) is 4.79 Å². The number of benzene rings is 2. The van der Waals surface area contributed by atoms with Crippen LogP contribution in [-0.4, -0.2) is 27.1 Å². The van der Waals surface area contributed by atoms with E-state index in [4.69, 9.17) is 9.40 Å². The van der Waals surface area contributed by atoms with Gasteiger partial charge in [0.2, 0.25) is 0 Å². The number of carboxylic acids is 1. The lowest BCUT2D eigenvalue weighted by Gasteiger charge is -2.20. The molecule has 142 valence electrons. The molecule has 0 radical (unpaired) electrons. The maximum absolute atomic E-state index is 11.8. The van der Waals surface area contributed by atoms with Crippen LogP contribution in [0.15, 0.2) is 59.0 Å². The molecule has 6 nitrogen and oxygen atoms in total. The molecule has 0 spiro atoms. The van der Waals surface area contributed by atoms with E-state index in [1.807, 2.05) is 68.4 Å². The number of anilines is 1. The van der Waals surface area contributed by atoms with Crippen molar-refractivity contribution in [1.29, 1.82) is 0 Å². The number of para-hydroxylation sites is 1. The summed E-state index contributed by atoms with van der Waals surface area (Å²) in [4.78, 5) is 21.2. The first kappa shape index (κ1) is 18.0. The quantitative estimate of drug-likeness (QED) is 0.495. The molecule has 0 bridgehead atoms. The smallest absolute Gasteiger partial charge is 0.326 e. The Hall–Kier alpha value is -3.41. The van der Waals surface area contributed by atoms with E-state index in [2.05, 4.69) is 10.3 Å². The minimum absolute atomic E-state index is 0.0768. The Balaban J connectivity index is 1.94. The fraction of sp³-hybridized carbons (Fsp3) is 0.227. The Bertz CT molecular complexity index is 1140. The molecule has 0 saturated carbocycles. The second kappa shape index (κ2) is 7.31. The Kier molecular flexibility index (Phi) is 4.69. The molecule has 28 heavy (non-hydrogen) atoms. The Morgan fingerprint density at radius 1 is 1.11 bits per heavy atom. The van der Waals surface area contributed by atoms with Crippen molar-refractivity contribution in [2.75, 3.05) is 5.32 Å². The monoisotopic (exact) mass is 375 g/mol. The molecule has 0 saturated heterocycles. The van der Waals surface area contributed by atoms with Crippen molar-refractivity contribution in [2.24, 2.45) is 5.92 Å². The Morgan fingerprint density at radius 2 is 1.82 bits per heavy atom. The van der Waals surface area contributed by atoms with Crippen molar-refractivity contribution >= 4 is 33.9 Å². The molecule has 0 aliphatic rings. The zero-order chi connectivity index (χ0) is 19.7. The van der Waals surface area contributed by atoms with E-state index in [0.717, 1.165) is 17.4 Å². The van der Waals surface area contributed by atoms with Crippen LogP contribution >= 0.6 is 0 Å². The van der Waals surface area contributed by atoms with Gasteiger partial charge in [-0.3, -0.25) is 0 Å². The largest absolute Gasteiger partial charge is 0.480 e. The second-order valence-electron chi connectivity index (χ2n) is 6.88. The van der Waals surface area contributed by atoms with Crippen LogP contribution in [0.5, 0.6) is 0 Å². The van der Waals surface area contributed by atoms with Gasteiger partial charge in [0, 0.05) is 10.9 Å². The normalized spacial score (nSPS) is 13.5. The number of fused-ring (bicyclic) bond motifs is 3. The van der Waals surface area contributed by atoms with Crippen LogP contribution < -0.4 is 5.32 Å². The molecule has 0 aliphatic heterocycles. The van der Waals surface area contributed by atoms with Crippen LogP contribution in [0.25, 0.3) is 33.5 Å². The zero-order valence-corrected chi connectivity index (χ0v) is 15.7. The standard InChI is InChI=1S/C22H21N3O3/c1-3-13(2)17(22(26)27)23-21-19-18(15-11-7-8-12-16(15)28-19)24-20(25-21)14-9-5-4-6-10-14/h4-13,17H,3H2,1-2H3,(H,26,27)(H,23,24,25)/t13-,17-/m1/s1. The second-order valence-corrected chi connectivity index (χ2v) is 6.88. The van der Waals surface area contributed by atoms with Gasteiger partial charge >= 0.3 is 5.97 Å². The number of carboxylic acid groups (broad SMARTS) is 1. The van der Waals surface area contributed by atoms with Crippen LogP contribution in [0.4, 0.5) is 5.82 Å². The number of carbonyl (C=O) groups is 1. The minimum atomic E-state index is -0.918. The Morgan fingerprint density at radius 3 is 2.54 bits per heavy atom. The lowest BCUT2D eigenvalue weighted by atomic mass is 9.99. The number of hydrogen-bond acceptors (Lipinski definition) is 5. The number of furan rings is 1. The highest BCUT2D eigenvalue weighted by atomic mass is 16.4. The number of aromatic nitrogens is 2. The van der Waals surface area contributed by atoms with Crippen molar-refractivity contribution in [1.82, 2.24) is 9.97 Å². The number of nitrogens with one attached hydrogen (secondary N) is 1. The summed E-state index contributed by atoms with van der Waals surface area (Å²) in [5, 5.41) is 13.7. The summed E-state index contributed by atoms with van der Waals surface area (Å²) in [6.45, 7) is 3.87. The van der Waals surface area contributed by atoms with E-state index in [1.165, 1.54) is 0 Å². The van der Waals surface area contributed by atoms with E-state index < -0.39 is 12.0 Å². The van der Waals surface area contributed by atoms with Gasteiger partial charge < -0.3 is 14.8 Å². The molecular weight excluding hydrogens is 354 g/mol. The molecule has 2 atom stereocenters. The first-order chi connectivity index (χ1) is 13.6. The molecule has 2 N–H and O–H groups in total. The first-order valence-electron chi connectivity index (χ1n) is 9.32. The summed E-state index contributed by atoms with van der Waals surface area (Å²) in [7, 11) is 0. The predicted octanol–water partition coefficient (Wildman–Crippen LogP) is 4.95. The molecule has 4 rings (SSSR count). The van der Waals surface area contributed by atoms with Crippen LogP contribution in [0.2, 0.25) is 0 Å². The number of nitrogens with zero attached hydrogens (tertiary/aromatic N) is 2. The molecule has 0 amide bonds. The van der Waals surface area contributed by atoms with E-state index in [1.54, 1.807) is 0 Å². The van der Waals surface area contributed by atoms with Crippen LogP contribution in [0.1, 0.15) is 20.3 Å². The van der Waals surface area contributed by atoms with Crippen molar-refractivity contribution in [2.45, 2.75) is 26.3 Å². The van der Waals surface area contributed by atoms with Gasteiger partial charge in [0.1, 0.15) is 17.1 Å². The fourth-order valence-corrected chi connectivity index (χ4v) is 3.24. The maximum Gasteiger partial charge on any atom is 0.326 e. The highest BCUT2D eigenvalue weighted by Crippen LogP contribution is 2.33. The third-order valence-electron chi connectivity index (χ3n) is 5.02. The van der Waals surface area contributed by atoms with Crippen LogP contribution in [0.3, 0.4) is 0 Å². The van der Waals surface area contributed by atoms with Crippen molar-refractivity contribution in [3.63, 3.8) is 0 Å². The first-order valence-corrected chi connectivity index (χ1v) is 9.32. The van der Waals surface area contributed by atoms with Gasteiger partial charge in [0.15, 0.2) is 17.2 Å². The molecule has 2 aromatic carbocycles. The third-order valence-corrected chi connectivity index (χ3v) is 5.02. The fourth-order valence-electron chi connectivity index (χ4n) is 3.24. The average molecular weight is 375 g/mol. The van der Waals surface area contributed by atoms with E-state index >= 15 is 0 Å². The predicted molar refractivity (Wildman–Crippen MR) is 109 cm³/mol. The number of hydrogen-bond donors (Lipinski definition) is 2. The Labute approximate surface area is 162 Å². The average Bonchev–Trinajstić information content (AvgIpc) is 3.10. The zero-order valence-electron chi connectivity index (χ0n) is 15.7. The van der Waals surface area contributed by atoms with E-state index in [-0.39, 0.29) is 5.92 Å². The maximum atomic E-state index is 11.8. The number of rotatable bonds is 6. The van der Waals surface area contributed by atoms with E-state index in [9.17, 15) is 9.90 Å². The molecule has 4 aromatic rings. The molecule has 2 aromatic heterocycles. The van der Waals surface area contributed by atoms with Gasteiger partial charge in [0.25, 0.3) is 0 Å². The van der Waals surface area contributed by atoms with Gasteiger partial charge in [-0.2, -0.15) is 0 Å². The summed E-state index contributed by atoms with van der Waals surface area (Å²) in [5.74, 6) is -0.0752. The molecule has 2 heterocycles. The summed E-state index contributed by atoms with van der Waals surface area (Å²) in [6.07, 6.45) is 0.726. The topological polar surface area (TPSA) is 88.3 Å². The SMILES string of the molecule is CC[C@@H](C)[C@@H](Nc1nc(-c2ccccc2)nc2c1oc1ccccc12)C(=O)O. The number of aliphatic carboxylic acids is 1. The van der Waals surface area contributed by atoms with Crippen molar-refractivity contribution < 1.29 is 14.3 Å². The molecular formula is C22H21N3O3. The lowest BCUT2D eigenvalue weighted by Crippen LogP contribution is -2.35. The van der Waals surface area contributed by atoms with E-state index in [0.29, 0.717) is 28.3 Å².